The number of ether oxygens (including phenoxy) is 4. The third-order valence-corrected chi connectivity index (χ3v) is 4.22. The van der Waals surface area contributed by atoms with Gasteiger partial charge in [0.2, 0.25) is 5.75 Å². The molecule has 0 heterocycles. The van der Waals surface area contributed by atoms with E-state index in [4.69, 9.17) is 18.9 Å². The van der Waals surface area contributed by atoms with Gasteiger partial charge in [-0.25, -0.2) is 4.79 Å². The lowest BCUT2D eigenvalue weighted by molar-refractivity contribution is -0.137. The number of para-hydroxylation sites is 2. The molecule has 0 aliphatic carbocycles. The Morgan fingerprint density at radius 1 is 0.931 bits per heavy atom. The smallest absolute Gasteiger partial charge is 0.334 e. The molecule has 1 amide bonds. The molecule has 0 saturated heterocycles. The predicted octanol–water partition coefficient (Wildman–Crippen LogP) is 3.46. The van der Waals surface area contributed by atoms with E-state index in [-0.39, 0.29) is 11.7 Å². The maximum Gasteiger partial charge on any atom is 0.334 e. The summed E-state index contributed by atoms with van der Waals surface area (Å²) in [5.41, 5.74) is 0.350. The number of esters is 1. The summed E-state index contributed by atoms with van der Waals surface area (Å²) < 4.78 is 21.6. The Labute approximate surface area is 170 Å². The van der Waals surface area contributed by atoms with Crippen molar-refractivity contribution < 1.29 is 28.5 Å². The molecule has 0 aromatic heterocycles. The molecule has 0 unspecified atom stereocenters. The average Bonchev–Trinajstić information content (AvgIpc) is 2.72. The number of nitrogens with one attached hydrogen (secondary N) is 1. The van der Waals surface area contributed by atoms with Gasteiger partial charge in [-0.3, -0.25) is 4.79 Å². The van der Waals surface area contributed by atoms with Crippen molar-refractivity contribution in [3.05, 3.63) is 48.0 Å². The molecule has 0 spiro atoms. The van der Waals surface area contributed by atoms with Gasteiger partial charge in [-0.15, -0.1) is 0 Å². The number of carbonyl (C=O) groups is 2. The van der Waals surface area contributed by atoms with Gasteiger partial charge < -0.3 is 24.3 Å². The minimum Gasteiger partial charge on any atom is -0.493 e. The van der Waals surface area contributed by atoms with Crippen LogP contribution in [0.1, 0.15) is 31.1 Å². The first-order chi connectivity index (χ1) is 13.9. The number of hydrogen-bond acceptors (Lipinski definition) is 6. The van der Waals surface area contributed by atoms with Crippen molar-refractivity contribution >= 4 is 11.9 Å². The van der Waals surface area contributed by atoms with Gasteiger partial charge in [0.15, 0.2) is 11.5 Å². The Balaban J connectivity index is 2.25. The SMILES string of the molecule is CCOc1ccccc1C(=O)N[C@H](C(=O)Oc1c(OC)cccc1OC)C(C)C. The Hall–Kier alpha value is -3.22. The van der Waals surface area contributed by atoms with Crippen LogP contribution in [0.15, 0.2) is 42.5 Å². The van der Waals surface area contributed by atoms with Gasteiger partial charge in [-0.1, -0.05) is 32.0 Å². The third kappa shape index (κ3) is 5.40. The minimum atomic E-state index is -0.883. The number of benzene rings is 2. The fourth-order valence-electron chi connectivity index (χ4n) is 2.73. The maximum atomic E-state index is 12.9. The van der Waals surface area contributed by atoms with Gasteiger partial charge in [0.1, 0.15) is 11.8 Å². The standard InChI is InChI=1S/C22H27NO6/c1-6-28-16-11-8-7-10-15(16)21(24)23-19(14(2)3)22(25)29-20-17(26-4)12-9-13-18(20)27-5/h7-14,19H,6H2,1-5H3,(H,23,24)/t19-/m0/s1. The lowest BCUT2D eigenvalue weighted by Gasteiger charge is -2.22. The summed E-state index contributed by atoms with van der Waals surface area (Å²) in [5.74, 6) is 0.0708. The van der Waals surface area contributed by atoms with E-state index in [1.54, 1.807) is 42.5 Å². The first-order valence-electron chi connectivity index (χ1n) is 9.38. The molecule has 0 radical (unpaired) electrons. The molecular formula is C22H27NO6. The number of rotatable bonds is 9. The van der Waals surface area contributed by atoms with Crippen LogP contribution in [-0.4, -0.2) is 38.7 Å². The molecule has 2 rings (SSSR count). The number of amides is 1. The van der Waals surface area contributed by atoms with Gasteiger partial charge in [0, 0.05) is 0 Å². The van der Waals surface area contributed by atoms with Crippen molar-refractivity contribution in [2.24, 2.45) is 5.92 Å². The summed E-state index contributed by atoms with van der Waals surface area (Å²) in [4.78, 5) is 25.7. The van der Waals surface area contributed by atoms with E-state index in [9.17, 15) is 9.59 Å². The largest absolute Gasteiger partial charge is 0.493 e. The van der Waals surface area contributed by atoms with Crippen molar-refractivity contribution in [2.75, 3.05) is 20.8 Å². The molecule has 0 aliphatic rings. The number of hydrogen-bond donors (Lipinski definition) is 1. The van der Waals surface area contributed by atoms with E-state index < -0.39 is 17.9 Å². The third-order valence-electron chi connectivity index (χ3n) is 4.22. The van der Waals surface area contributed by atoms with Crippen molar-refractivity contribution in [1.29, 1.82) is 0 Å². The maximum absolute atomic E-state index is 12.9. The second-order valence-electron chi connectivity index (χ2n) is 6.54. The van der Waals surface area contributed by atoms with E-state index >= 15 is 0 Å². The molecule has 0 saturated carbocycles. The van der Waals surface area contributed by atoms with Gasteiger partial charge in [0.05, 0.1) is 26.4 Å². The van der Waals surface area contributed by atoms with Gasteiger partial charge in [0.25, 0.3) is 5.91 Å². The monoisotopic (exact) mass is 401 g/mol. The second kappa shape index (κ2) is 10.4. The van der Waals surface area contributed by atoms with E-state index in [1.807, 2.05) is 20.8 Å². The molecule has 29 heavy (non-hydrogen) atoms. The highest BCUT2D eigenvalue weighted by molar-refractivity contribution is 5.99. The Morgan fingerprint density at radius 2 is 1.52 bits per heavy atom. The van der Waals surface area contributed by atoms with Crippen LogP contribution in [0, 0.1) is 5.92 Å². The van der Waals surface area contributed by atoms with Crippen molar-refractivity contribution in [1.82, 2.24) is 5.32 Å². The van der Waals surface area contributed by atoms with Crippen LogP contribution in [0.5, 0.6) is 23.0 Å². The molecular weight excluding hydrogens is 374 g/mol. The molecule has 2 aromatic rings. The fraction of sp³-hybridized carbons (Fsp3) is 0.364. The van der Waals surface area contributed by atoms with Gasteiger partial charge >= 0.3 is 5.97 Å². The molecule has 7 nitrogen and oxygen atoms in total. The molecule has 0 aliphatic heterocycles. The summed E-state index contributed by atoms with van der Waals surface area (Å²) in [7, 11) is 2.94. The van der Waals surface area contributed by atoms with Crippen molar-refractivity contribution in [3.63, 3.8) is 0 Å². The van der Waals surface area contributed by atoms with E-state index in [0.29, 0.717) is 29.4 Å². The van der Waals surface area contributed by atoms with Crippen LogP contribution in [0.3, 0.4) is 0 Å². The van der Waals surface area contributed by atoms with Crippen LogP contribution < -0.4 is 24.3 Å². The van der Waals surface area contributed by atoms with E-state index in [0.717, 1.165) is 0 Å². The topological polar surface area (TPSA) is 83.1 Å². The quantitative estimate of drug-likeness (QED) is 0.512. The average molecular weight is 401 g/mol. The van der Waals surface area contributed by atoms with Crippen molar-refractivity contribution in [3.8, 4) is 23.0 Å². The van der Waals surface area contributed by atoms with Crippen LogP contribution in [0.25, 0.3) is 0 Å². The Bertz CT molecular complexity index is 827. The predicted molar refractivity (Wildman–Crippen MR) is 109 cm³/mol. The van der Waals surface area contributed by atoms with Crippen LogP contribution in [0.4, 0.5) is 0 Å². The Morgan fingerprint density at radius 3 is 2.07 bits per heavy atom. The molecule has 1 N–H and O–H groups in total. The van der Waals surface area contributed by atoms with Crippen LogP contribution >= 0.6 is 0 Å². The van der Waals surface area contributed by atoms with E-state index in [1.165, 1.54) is 14.2 Å². The highest BCUT2D eigenvalue weighted by Crippen LogP contribution is 2.37. The first kappa shape index (κ1) is 22.1. The number of carbonyl (C=O) groups excluding carboxylic acids is 2. The highest BCUT2D eigenvalue weighted by Gasteiger charge is 2.29. The molecule has 0 bridgehead atoms. The number of methoxy groups -OCH3 is 2. The summed E-state index contributed by atoms with van der Waals surface area (Å²) in [5, 5.41) is 2.75. The summed E-state index contributed by atoms with van der Waals surface area (Å²) in [6, 6.07) is 11.0. The second-order valence-corrected chi connectivity index (χ2v) is 6.54. The van der Waals surface area contributed by atoms with Gasteiger partial charge in [-0.05, 0) is 37.1 Å². The fourth-order valence-corrected chi connectivity index (χ4v) is 2.73. The van der Waals surface area contributed by atoms with Crippen LogP contribution in [-0.2, 0) is 4.79 Å². The molecule has 0 fully saturated rings. The lowest BCUT2D eigenvalue weighted by atomic mass is 10.0. The molecule has 2 aromatic carbocycles. The normalized spacial score (nSPS) is 11.5. The zero-order valence-corrected chi connectivity index (χ0v) is 17.4. The highest BCUT2D eigenvalue weighted by atomic mass is 16.6. The molecule has 1 atom stereocenters. The summed E-state index contributed by atoms with van der Waals surface area (Å²) in [6.07, 6.45) is 0. The summed E-state index contributed by atoms with van der Waals surface area (Å²) >= 11 is 0. The molecule has 156 valence electrons. The molecule has 7 heteroatoms. The zero-order valence-electron chi connectivity index (χ0n) is 17.4. The van der Waals surface area contributed by atoms with E-state index in [2.05, 4.69) is 5.32 Å². The zero-order chi connectivity index (χ0) is 21.4. The minimum absolute atomic E-state index is 0.164. The lowest BCUT2D eigenvalue weighted by Crippen LogP contribution is -2.46. The van der Waals surface area contributed by atoms with Crippen LogP contribution in [0.2, 0.25) is 0 Å². The Kier molecular flexibility index (Phi) is 7.88. The first-order valence-corrected chi connectivity index (χ1v) is 9.38. The summed E-state index contributed by atoms with van der Waals surface area (Å²) in [6.45, 7) is 5.90. The van der Waals surface area contributed by atoms with Crippen molar-refractivity contribution in [2.45, 2.75) is 26.8 Å². The van der Waals surface area contributed by atoms with Gasteiger partial charge in [-0.2, -0.15) is 0 Å².